The molecule has 9 nitrogen and oxygen atoms in total. The van der Waals surface area contributed by atoms with Gasteiger partial charge in [0.1, 0.15) is 5.82 Å². The number of ether oxygens (including phenoxy) is 1. The van der Waals surface area contributed by atoms with Gasteiger partial charge in [-0.05, 0) is 44.5 Å². The maximum absolute atomic E-state index is 12.4. The lowest BCUT2D eigenvalue weighted by molar-refractivity contribution is 0.147. The van der Waals surface area contributed by atoms with Crippen LogP contribution >= 0.6 is 0 Å². The molecule has 0 spiro atoms. The fraction of sp³-hybridized carbons (Fsp3) is 0.421. The van der Waals surface area contributed by atoms with Crippen LogP contribution in [0.15, 0.2) is 41.3 Å². The molecular weight excluding hydrogens is 392 g/mol. The summed E-state index contributed by atoms with van der Waals surface area (Å²) in [5.41, 5.74) is 1.62. The van der Waals surface area contributed by atoms with Gasteiger partial charge in [0, 0.05) is 32.7 Å². The third kappa shape index (κ3) is 5.72. The normalized spacial score (nSPS) is 11.8. The predicted octanol–water partition coefficient (Wildman–Crippen LogP) is 1.79. The number of aryl methyl sites for hydroxylation is 1. The van der Waals surface area contributed by atoms with Gasteiger partial charge in [0.25, 0.3) is 0 Å². The van der Waals surface area contributed by atoms with Crippen LogP contribution in [0.4, 0.5) is 5.82 Å². The summed E-state index contributed by atoms with van der Waals surface area (Å²) < 4.78 is 34.3. The quantitative estimate of drug-likeness (QED) is 0.457. The lowest BCUT2D eigenvalue weighted by Crippen LogP contribution is -2.26. The molecule has 2 aromatic heterocycles. The topological polar surface area (TPSA) is 111 Å². The number of hydrogen-bond acceptors (Lipinski definition) is 7. The van der Waals surface area contributed by atoms with Crippen LogP contribution in [-0.2, 0) is 21.2 Å². The van der Waals surface area contributed by atoms with E-state index < -0.39 is 10.0 Å². The molecule has 0 bridgehead atoms. The Balaban J connectivity index is 1.59. The lowest BCUT2D eigenvalue weighted by Gasteiger charge is -2.08. The van der Waals surface area contributed by atoms with E-state index in [0.29, 0.717) is 36.9 Å². The summed E-state index contributed by atoms with van der Waals surface area (Å²) >= 11 is 0. The van der Waals surface area contributed by atoms with Gasteiger partial charge in [-0.15, -0.1) is 15.3 Å². The number of benzene rings is 1. The van der Waals surface area contributed by atoms with Crippen LogP contribution in [0.3, 0.4) is 0 Å². The second-order valence-electron chi connectivity index (χ2n) is 6.54. The van der Waals surface area contributed by atoms with Crippen molar-refractivity contribution in [2.75, 3.05) is 31.6 Å². The van der Waals surface area contributed by atoms with Gasteiger partial charge in [-0.1, -0.05) is 17.7 Å². The van der Waals surface area contributed by atoms with E-state index in [0.717, 1.165) is 18.5 Å². The number of fused-ring (bicyclic) bond motifs is 1. The molecule has 3 aromatic rings. The molecule has 156 valence electrons. The number of rotatable bonds is 11. The summed E-state index contributed by atoms with van der Waals surface area (Å²) in [6.07, 6.45) is 1.25. The van der Waals surface area contributed by atoms with Crippen molar-refractivity contribution in [1.82, 2.24) is 24.5 Å². The van der Waals surface area contributed by atoms with E-state index in [2.05, 4.69) is 25.3 Å². The smallest absolute Gasteiger partial charge is 0.240 e. The average Bonchev–Trinajstić information content (AvgIpc) is 3.10. The Labute approximate surface area is 170 Å². The van der Waals surface area contributed by atoms with Gasteiger partial charge in [0.05, 0.1) is 4.90 Å². The summed E-state index contributed by atoms with van der Waals surface area (Å²) in [6.45, 7) is 6.23. The maximum Gasteiger partial charge on any atom is 0.240 e. The van der Waals surface area contributed by atoms with Crippen molar-refractivity contribution in [3.8, 4) is 0 Å². The molecule has 2 N–H and O–H groups in total. The standard InChI is InChI=1S/C19H26N6O3S/c1-3-28-14-4-12-20-17-9-10-18-22-23-19(25(18)24-17)11-13-21-29(26,27)16-7-5-15(2)6-8-16/h5-10,21H,3-4,11-14H2,1-2H3,(H,20,24). The third-order valence-corrected chi connectivity index (χ3v) is 5.75. The summed E-state index contributed by atoms with van der Waals surface area (Å²) in [6, 6.07) is 10.4. The second-order valence-corrected chi connectivity index (χ2v) is 8.31. The van der Waals surface area contributed by atoms with E-state index in [-0.39, 0.29) is 11.4 Å². The molecule has 0 unspecified atom stereocenters. The molecule has 0 amide bonds. The van der Waals surface area contributed by atoms with Crippen LogP contribution < -0.4 is 10.0 Å². The minimum Gasteiger partial charge on any atom is -0.382 e. The monoisotopic (exact) mass is 418 g/mol. The summed E-state index contributed by atoms with van der Waals surface area (Å²) in [5.74, 6) is 1.29. The molecule has 0 saturated heterocycles. The number of anilines is 1. The molecular formula is C19H26N6O3S. The van der Waals surface area contributed by atoms with Crippen molar-refractivity contribution in [2.24, 2.45) is 0 Å². The van der Waals surface area contributed by atoms with Crippen molar-refractivity contribution < 1.29 is 13.2 Å². The fourth-order valence-corrected chi connectivity index (χ4v) is 3.75. The van der Waals surface area contributed by atoms with Crippen molar-refractivity contribution in [3.63, 3.8) is 0 Å². The van der Waals surface area contributed by atoms with Gasteiger partial charge in [-0.3, -0.25) is 0 Å². The highest BCUT2D eigenvalue weighted by Gasteiger charge is 2.14. The zero-order valence-electron chi connectivity index (χ0n) is 16.6. The molecule has 1 aromatic carbocycles. The molecule has 0 fully saturated rings. The Morgan fingerprint density at radius 1 is 1.07 bits per heavy atom. The minimum atomic E-state index is -3.56. The Bertz CT molecular complexity index is 1030. The Morgan fingerprint density at radius 3 is 2.62 bits per heavy atom. The molecule has 0 saturated carbocycles. The van der Waals surface area contributed by atoms with Crippen LogP contribution in [0.5, 0.6) is 0 Å². The van der Waals surface area contributed by atoms with E-state index in [1.54, 1.807) is 28.8 Å². The van der Waals surface area contributed by atoms with Gasteiger partial charge < -0.3 is 10.1 Å². The minimum absolute atomic E-state index is 0.199. The third-order valence-electron chi connectivity index (χ3n) is 4.28. The van der Waals surface area contributed by atoms with Gasteiger partial charge in [0.2, 0.25) is 10.0 Å². The van der Waals surface area contributed by atoms with Crippen molar-refractivity contribution >= 4 is 21.5 Å². The van der Waals surface area contributed by atoms with Crippen LogP contribution in [-0.4, -0.2) is 54.5 Å². The van der Waals surface area contributed by atoms with E-state index in [1.165, 1.54) is 0 Å². The van der Waals surface area contributed by atoms with E-state index >= 15 is 0 Å². The number of sulfonamides is 1. The van der Waals surface area contributed by atoms with Gasteiger partial charge in [-0.25, -0.2) is 13.1 Å². The predicted molar refractivity (Wildman–Crippen MR) is 110 cm³/mol. The number of nitrogens with zero attached hydrogens (tertiary/aromatic N) is 4. The molecule has 0 aliphatic heterocycles. The summed E-state index contributed by atoms with van der Waals surface area (Å²) in [4.78, 5) is 0.242. The largest absolute Gasteiger partial charge is 0.382 e. The number of nitrogens with one attached hydrogen (secondary N) is 2. The fourth-order valence-electron chi connectivity index (χ4n) is 2.72. The van der Waals surface area contributed by atoms with Gasteiger partial charge in [-0.2, -0.15) is 4.52 Å². The first-order valence-corrected chi connectivity index (χ1v) is 11.1. The van der Waals surface area contributed by atoms with Crippen molar-refractivity contribution in [3.05, 3.63) is 47.8 Å². The highest BCUT2D eigenvalue weighted by atomic mass is 32.2. The first kappa shape index (κ1) is 21.2. The van der Waals surface area contributed by atoms with Crippen LogP contribution in [0.25, 0.3) is 5.65 Å². The van der Waals surface area contributed by atoms with Gasteiger partial charge in [0.15, 0.2) is 11.5 Å². The number of hydrogen-bond donors (Lipinski definition) is 2. The highest BCUT2D eigenvalue weighted by Crippen LogP contribution is 2.11. The Hall–Kier alpha value is -2.56. The Morgan fingerprint density at radius 2 is 1.86 bits per heavy atom. The van der Waals surface area contributed by atoms with Gasteiger partial charge >= 0.3 is 0 Å². The molecule has 10 heteroatoms. The highest BCUT2D eigenvalue weighted by molar-refractivity contribution is 7.89. The Kier molecular flexibility index (Phi) is 7.13. The molecule has 0 atom stereocenters. The SMILES string of the molecule is CCOCCCNc1ccc2nnc(CCNS(=O)(=O)c3ccc(C)cc3)n2n1. The zero-order chi connectivity index (χ0) is 20.7. The molecule has 0 aliphatic carbocycles. The maximum atomic E-state index is 12.4. The second kappa shape index (κ2) is 9.77. The summed E-state index contributed by atoms with van der Waals surface area (Å²) in [5, 5.41) is 16.0. The molecule has 0 aliphatic rings. The number of aromatic nitrogens is 4. The zero-order valence-corrected chi connectivity index (χ0v) is 17.4. The van der Waals surface area contributed by atoms with Crippen molar-refractivity contribution in [2.45, 2.75) is 31.6 Å². The molecule has 2 heterocycles. The van der Waals surface area contributed by atoms with E-state index in [1.807, 2.05) is 26.0 Å². The first-order valence-electron chi connectivity index (χ1n) is 9.59. The molecule has 3 rings (SSSR count). The summed E-state index contributed by atoms with van der Waals surface area (Å²) in [7, 11) is -3.56. The van der Waals surface area contributed by atoms with Crippen molar-refractivity contribution in [1.29, 1.82) is 0 Å². The van der Waals surface area contributed by atoms with E-state index in [9.17, 15) is 8.42 Å². The lowest BCUT2D eigenvalue weighted by atomic mass is 10.2. The van der Waals surface area contributed by atoms with Crippen LogP contribution in [0.2, 0.25) is 0 Å². The average molecular weight is 419 g/mol. The molecule has 29 heavy (non-hydrogen) atoms. The molecule has 0 radical (unpaired) electrons. The van der Waals surface area contributed by atoms with E-state index in [4.69, 9.17) is 4.74 Å². The first-order chi connectivity index (χ1) is 14.0. The van der Waals surface area contributed by atoms with Crippen LogP contribution in [0, 0.1) is 6.92 Å². The van der Waals surface area contributed by atoms with Crippen LogP contribution in [0.1, 0.15) is 24.7 Å².